The van der Waals surface area contributed by atoms with Gasteiger partial charge in [0.2, 0.25) is 0 Å². The first-order chi connectivity index (χ1) is 10.1. The quantitative estimate of drug-likeness (QED) is 0.601. The monoisotopic (exact) mass is 419 g/mol. The summed E-state index contributed by atoms with van der Waals surface area (Å²) in [7, 11) is 1.30. The maximum Gasteiger partial charge on any atom is 0.408 e. The molecule has 0 saturated heterocycles. The summed E-state index contributed by atoms with van der Waals surface area (Å²) in [5.74, 6) is -0.516. The molecule has 0 aromatic heterocycles. The molecule has 0 bridgehead atoms. The minimum atomic E-state index is -1.20. The van der Waals surface area contributed by atoms with E-state index >= 15 is 0 Å². The minimum absolute atomic E-state index is 0.317. The van der Waals surface area contributed by atoms with Crippen molar-refractivity contribution in [3.63, 3.8) is 0 Å². The first-order valence-electron chi connectivity index (χ1n) is 6.90. The lowest BCUT2D eigenvalue weighted by molar-refractivity contribution is -0.147. The number of hydrogen-bond acceptors (Lipinski definition) is 4. The van der Waals surface area contributed by atoms with Crippen LogP contribution in [-0.4, -0.2) is 30.3 Å². The molecule has 1 N–H and O–H groups in total. The van der Waals surface area contributed by atoms with Gasteiger partial charge in [-0.25, -0.2) is 9.59 Å². The highest BCUT2D eigenvalue weighted by atomic mass is 127. The van der Waals surface area contributed by atoms with Crippen LogP contribution < -0.4 is 5.32 Å². The third-order valence-electron chi connectivity index (χ3n) is 2.91. The Bertz CT molecular complexity index is 553. The Hall–Kier alpha value is -1.31. The highest BCUT2D eigenvalue weighted by molar-refractivity contribution is 14.1. The molecule has 0 unspecified atom stereocenters. The largest absolute Gasteiger partial charge is 0.467 e. The maximum atomic E-state index is 12.2. The lowest BCUT2D eigenvalue weighted by Gasteiger charge is -2.30. The number of esters is 1. The number of carbonyl (C=O) groups excluding carboxylic acids is 2. The molecule has 1 aromatic rings. The molecule has 5 nitrogen and oxygen atoms in total. The third kappa shape index (κ3) is 5.47. The van der Waals surface area contributed by atoms with Gasteiger partial charge in [-0.1, -0.05) is 18.2 Å². The van der Waals surface area contributed by atoms with Gasteiger partial charge in [0.05, 0.1) is 7.11 Å². The van der Waals surface area contributed by atoms with Gasteiger partial charge in [0.15, 0.2) is 0 Å². The number of nitrogens with one attached hydrogen (secondary N) is 1. The zero-order valence-corrected chi connectivity index (χ0v) is 15.7. The zero-order valence-electron chi connectivity index (χ0n) is 13.5. The molecule has 0 aliphatic rings. The Labute approximate surface area is 144 Å². The van der Waals surface area contributed by atoms with E-state index < -0.39 is 23.2 Å². The highest BCUT2D eigenvalue weighted by Crippen LogP contribution is 2.20. The van der Waals surface area contributed by atoms with E-state index in [4.69, 9.17) is 9.47 Å². The number of methoxy groups -OCH3 is 1. The predicted octanol–water partition coefficient (Wildman–Crippen LogP) is 3.29. The van der Waals surface area contributed by atoms with Gasteiger partial charge in [-0.05, 0) is 61.9 Å². The third-order valence-corrected chi connectivity index (χ3v) is 3.97. The summed E-state index contributed by atoms with van der Waals surface area (Å²) >= 11 is 2.20. The van der Waals surface area contributed by atoms with Crippen LogP contribution in [0.1, 0.15) is 33.3 Å². The Morgan fingerprint density at radius 3 is 2.27 bits per heavy atom. The van der Waals surface area contributed by atoms with Crippen LogP contribution in [-0.2, 0) is 20.7 Å². The maximum absolute atomic E-state index is 12.2. The van der Waals surface area contributed by atoms with Crippen LogP contribution in [0.15, 0.2) is 24.3 Å². The van der Waals surface area contributed by atoms with E-state index in [0.717, 1.165) is 9.13 Å². The molecule has 1 atom stereocenters. The number of hydrogen-bond donors (Lipinski definition) is 1. The van der Waals surface area contributed by atoms with Crippen molar-refractivity contribution in [2.75, 3.05) is 7.11 Å². The topological polar surface area (TPSA) is 64.6 Å². The molecule has 0 aliphatic carbocycles. The van der Waals surface area contributed by atoms with Crippen molar-refractivity contribution in [1.29, 1.82) is 0 Å². The molecule has 1 amide bonds. The van der Waals surface area contributed by atoms with Crippen LogP contribution in [0.4, 0.5) is 4.79 Å². The molecule has 0 saturated carbocycles. The van der Waals surface area contributed by atoms with E-state index in [2.05, 4.69) is 27.9 Å². The zero-order chi connectivity index (χ0) is 17.0. The minimum Gasteiger partial charge on any atom is -0.467 e. The molecule has 0 aliphatic heterocycles. The average Bonchev–Trinajstić information content (AvgIpc) is 2.38. The normalized spacial score (nSPS) is 13.9. The van der Waals surface area contributed by atoms with E-state index in [1.54, 1.807) is 27.7 Å². The van der Waals surface area contributed by atoms with Gasteiger partial charge < -0.3 is 14.8 Å². The fourth-order valence-corrected chi connectivity index (χ4v) is 2.52. The molecule has 0 fully saturated rings. The molecule has 122 valence electrons. The van der Waals surface area contributed by atoms with Gasteiger partial charge in [0.1, 0.15) is 11.1 Å². The fourth-order valence-electron chi connectivity index (χ4n) is 1.94. The van der Waals surface area contributed by atoms with Gasteiger partial charge in [0, 0.05) is 9.99 Å². The highest BCUT2D eigenvalue weighted by Gasteiger charge is 2.38. The van der Waals surface area contributed by atoms with Crippen molar-refractivity contribution in [2.45, 2.75) is 45.3 Å². The summed E-state index contributed by atoms with van der Waals surface area (Å²) in [6.45, 7) is 6.93. The van der Waals surface area contributed by atoms with E-state index in [1.165, 1.54) is 7.11 Å². The number of carbonyl (C=O) groups is 2. The van der Waals surface area contributed by atoms with Gasteiger partial charge in [-0.15, -0.1) is 0 Å². The first kappa shape index (κ1) is 18.7. The second-order valence-corrected chi connectivity index (χ2v) is 7.38. The number of alkyl carbamates (subject to hydrolysis) is 1. The second-order valence-electron chi connectivity index (χ2n) is 6.22. The van der Waals surface area contributed by atoms with Crippen molar-refractivity contribution < 1.29 is 19.1 Å². The summed E-state index contributed by atoms with van der Waals surface area (Å²) < 4.78 is 11.1. The van der Waals surface area contributed by atoms with Crippen molar-refractivity contribution in [2.24, 2.45) is 0 Å². The van der Waals surface area contributed by atoms with Crippen molar-refractivity contribution in [1.82, 2.24) is 5.32 Å². The Morgan fingerprint density at radius 1 is 1.18 bits per heavy atom. The molecule has 6 heteroatoms. The molecule has 1 rings (SSSR count). The van der Waals surface area contributed by atoms with Crippen molar-refractivity contribution in [3.8, 4) is 0 Å². The standard InChI is InChI=1S/C16H22INO4/c1-15(2,3)22-14(20)18-16(4,13(19)21-5)10-11-8-6-7-9-12(11)17/h6-9H,10H2,1-5H3,(H,18,20)/t16-/m0/s1. The van der Waals surface area contributed by atoms with Crippen molar-refractivity contribution >= 4 is 34.7 Å². The Morgan fingerprint density at radius 2 is 1.77 bits per heavy atom. The van der Waals surface area contributed by atoms with Crippen LogP contribution in [0.5, 0.6) is 0 Å². The van der Waals surface area contributed by atoms with Gasteiger partial charge in [-0.2, -0.15) is 0 Å². The molecular formula is C16H22INO4. The van der Waals surface area contributed by atoms with Crippen LogP contribution in [0.25, 0.3) is 0 Å². The molecule has 0 heterocycles. The lowest BCUT2D eigenvalue weighted by Crippen LogP contribution is -2.55. The Kier molecular flexibility index (Phi) is 6.22. The predicted molar refractivity (Wildman–Crippen MR) is 92.7 cm³/mol. The fraction of sp³-hybridized carbons (Fsp3) is 0.500. The molecular weight excluding hydrogens is 397 g/mol. The number of rotatable bonds is 4. The summed E-state index contributed by atoms with van der Waals surface area (Å²) in [6, 6.07) is 7.67. The van der Waals surface area contributed by atoms with E-state index in [-0.39, 0.29) is 0 Å². The van der Waals surface area contributed by atoms with Gasteiger partial charge in [-0.3, -0.25) is 0 Å². The summed E-state index contributed by atoms with van der Waals surface area (Å²) in [4.78, 5) is 24.2. The average molecular weight is 419 g/mol. The van der Waals surface area contributed by atoms with Crippen LogP contribution in [0, 0.1) is 3.57 Å². The SMILES string of the molecule is COC(=O)[C@](C)(Cc1ccccc1I)NC(=O)OC(C)(C)C. The van der Waals surface area contributed by atoms with E-state index in [0.29, 0.717) is 6.42 Å². The molecule has 0 radical (unpaired) electrons. The summed E-state index contributed by atoms with van der Waals surface area (Å²) in [6.07, 6.45) is -0.329. The number of ether oxygens (including phenoxy) is 2. The second kappa shape index (κ2) is 7.30. The number of benzene rings is 1. The van der Waals surface area contributed by atoms with E-state index in [1.807, 2.05) is 24.3 Å². The number of halogens is 1. The molecule has 1 aromatic carbocycles. The smallest absolute Gasteiger partial charge is 0.408 e. The number of amides is 1. The van der Waals surface area contributed by atoms with Crippen LogP contribution >= 0.6 is 22.6 Å². The van der Waals surface area contributed by atoms with Crippen molar-refractivity contribution in [3.05, 3.63) is 33.4 Å². The van der Waals surface area contributed by atoms with Gasteiger partial charge in [0.25, 0.3) is 0 Å². The lowest BCUT2D eigenvalue weighted by atomic mass is 9.93. The van der Waals surface area contributed by atoms with Gasteiger partial charge >= 0.3 is 12.1 Å². The molecule has 0 spiro atoms. The molecule has 22 heavy (non-hydrogen) atoms. The summed E-state index contributed by atoms with van der Waals surface area (Å²) in [5.41, 5.74) is -0.882. The van der Waals surface area contributed by atoms with Crippen LogP contribution in [0.2, 0.25) is 0 Å². The Balaban J connectivity index is 2.98. The first-order valence-corrected chi connectivity index (χ1v) is 7.98. The summed E-state index contributed by atoms with van der Waals surface area (Å²) in [5, 5.41) is 2.64. The van der Waals surface area contributed by atoms with E-state index in [9.17, 15) is 9.59 Å². The van der Waals surface area contributed by atoms with Crippen LogP contribution in [0.3, 0.4) is 0 Å².